The van der Waals surface area contributed by atoms with Crippen LogP contribution in [-0.2, 0) is 15.8 Å². The lowest BCUT2D eigenvalue weighted by molar-refractivity contribution is 0.416. The monoisotopic (exact) mass is 410 g/mol. The van der Waals surface area contributed by atoms with Gasteiger partial charge in [-0.05, 0) is 42.7 Å². The van der Waals surface area contributed by atoms with Crippen molar-refractivity contribution in [2.75, 3.05) is 12.4 Å². The summed E-state index contributed by atoms with van der Waals surface area (Å²) in [6, 6.07) is 16.9. The van der Waals surface area contributed by atoms with Crippen molar-refractivity contribution in [3.63, 3.8) is 0 Å². The molecule has 0 saturated heterocycles. The standard InChI is InChI=1S/C21H22N4O3S/c1-28-20-8-3-2-7-18(20)19-12-21(23-14-22-19)24-17-6-4-5-15(11-17)13-29(26,27)25-16-9-10-16/h2-8,11-12,14,16,25H,9-10,13H2,1H3,(H,22,23,24). The molecular formula is C21H22N4O3S. The smallest absolute Gasteiger partial charge is 0.216 e. The lowest BCUT2D eigenvalue weighted by Gasteiger charge is -2.11. The first-order valence-electron chi connectivity index (χ1n) is 9.34. The van der Waals surface area contributed by atoms with Gasteiger partial charge in [-0.2, -0.15) is 0 Å². The van der Waals surface area contributed by atoms with Crippen LogP contribution in [0.2, 0.25) is 0 Å². The number of aromatic nitrogens is 2. The zero-order valence-electron chi connectivity index (χ0n) is 16.0. The second kappa shape index (κ2) is 8.18. The van der Waals surface area contributed by atoms with Gasteiger partial charge in [-0.3, -0.25) is 0 Å². The molecule has 0 atom stereocenters. The number of sulfonamides is 1. The molecule has 4 rings (SSSR count). The number of ether oxygens (including phenoxy) is 1. The van der Waals surface area contributed by atoms with Gasteiger partial charge in [0.1, 0.15) is 17.9 Å². The Hall–Kier alpha value is -2.97. The van der Waals surface area contributed by atoms with Crippen LogP contribution in [0.1, 0.15) is 18.4 Å². The van der Waals surface area contributed by atoms with E-state index in [1.165, 1.54) is 6.33 Å². The molecule has 1 fully saturated rings. The predicted molar refractivity (Wildman–Crippen MR) is 113 cm³/mol. The molecule has 0 amide bonds. The summed E-state index contributed by atoms with van der Waals surface area (Å²) < 4.78 is 32.5. The number of methoxy groups -OCH3 is 1. The molecule has 0 radical (unpaired) electrons. The molecule has 1 aromatic heterocycles. The number of hydrogen-bond donors (Lipinski definition) is 2. The minimum Gasteiger partial charge on any atom is -0.496 e. The lowest BCUT2D eigenvalue weighted by Crippen LogP contribution is -2.27. The van der Waals surface area contributed by atoms with Crippen LogP contribution < -0.4 is 14.8 Å². The normalized spacial score (nSPS) is 13.8. The van der Waals surface area contributed by atoms with Crippen LogP contribution in [0.3, 0.4) is 0 Å². The summed E-state index contributed by atoms with van der Waals surface area (Å²) in [4.78, 5) is 8.61. The number of nitrogens with one attached hydrogen (secondary N) is 2. The van der Waals surface area contributed by atoms with Crippen LogP contribution in [-0.4, -0.2) is 31.5 Å². The fourth-order valence-corrected chi connectivity index (χ4v) is 4.48. The average molecular weight is 410 g/mol. The van der Waals surface area contributed by atoms with Crippen LogP contribution in [0.15, 0.2) is 60.9 Å². The molecule has 0 spiro atoms. The number of benzene rings is 2. The van der Waals surface area contributed by atoms with Gasteiger partial charge in [-0.25, -0.2) is 23.1 Å². The Labute approximate surface area is 170 Å². The first-order chi connectivity index (χ1) is 14.0. The van der Waals surface area contributed by atoms with Crippen LogP contribution >= 0.6 is 0 Å². The molecule has 7 nitrogen and oxygen atoms in total. The molecule has 0 bridgehead atoms. The van der Waals surface area contributed by atoms with Gasteiger partial charge < -0.3 is 10.1 Å². The summed E-state index contributed by atoms with van der Waals surface area (Å²) in [6.45, 7) is 0. The second-order valence-electron chi connectivity index (χ2n) is 6.97. The molecule has 0 aliphatic heterocycles. The van der Waals surface area contributed by atoms with Crippen LogP contribution in [0.5, 0.6) is 5.75 Å². The van der Waals surface area contributed by atoms with Crippen molar-refractivity contribution >= 4 is 21.5 Å². The third-order valence-electron chi connectivity index (χ3n) is 4.53. The van der Waals surface area contributed by atoms with E-state index in [0.717, 1.165) is 35.5 Å². The summed E-state index contributed by atoms with van der Waals surface area (Å²) in [7, 11) is -1.71. The fraction of sp³-hybridized carbons (Fsp3) is 0.238. The minimum absolute atomic E-state index is 0.0464. The van der Waals surface area contributed by atoms with E-state index in [-0.39, 0.29) is 11.8 Å². The fourth-order valence-electron chi connectivity index (χ4n) is 3.03. The van der Waals surface area contributed by atoms with Crippen LogP contribution in [0.25, 0.3) is 11.3 Å². The third-order valence-corrected chi connectivity index (χ3v) is 5.94. The van der Waals surface area contributed by atoms with Crippen molar-refractivity contribution in [2.24, 2.45) is 0 Å². The van der Waals surface area contributed by atoms with E-state index in [0.29, 0.717) is 11.4 Å². The van der Waals surface area contributed by atoms with Crippen molar-refractivity contribution in [1.82, 2.24) is 14.7 Å². The van der Waals surface area contributed by atoms with Crippen molar-refractivity contribution in [3.8, 4) is 17.0 Å². The SMILES string of the molecule is COc1ccccc1-c1cc(Nc2cccc(CS(=O)(=O)NC3CC3)c2)ncn1. The maximum Gasteiger partial charge on any atom is 0.216 e. The van der Waals surface area contributed by atoms with Crippen LogP contribution in [0.4, 0.5) is 11.5 Å². The Kier molecular flexibility index (Phi) is 5.46. The number of hydrogen-bond acceptors (Lipinski definition) is 6. The molecule has 1 aliphatic rings. The van der Waals surface area contributed by atoms with E-state index in [1.54, 1.807) is 13.2 Å². The second-order valence-corrected chi connectivity index (χ2v) is 8.72. The Morgan fingerprint density at radius 1 is 1.07 bits per heavy atom. The van der Waals surface area contributed by atoms with Crippen molar-refractivity contribution < 1.29 is 13.2 Å². The topological polar surface area (TPSA) is 93.2 Å². The number of rotatable bonds is 8. The Morgan fingerprint density at radius 2 is 1.90 bits per heavy atom. The van der Waals surface area contributed by atoms with Gasteiger partial charge in [0.05, 0.1) is 18.6 Å². The molecule has 1 aliphatic carbocycles. The summed E-state index contributed by atoms with van der Waals surface area (Å²) in [5, 5.41) is 3.22. The zero-order valence-corrected chi connectivity index (χ0v) is 16.8. The molecule has 2 aromatic carbocycles. The van der Waals surface area contributed by atoms with Gasteiger partial charge in [-0.1, -0.05) is 24.3 Å². The van der Waals surface area contributed by atoms with Crippen molar-refractivity contribution in [1.29, 1.82) is 0 Å². The highest BCUT2D eigenvalue weighted by atomic mass is 32.2. The molecule has 150 valence electrons. The van der Waals surface area contributed by atoms with E-state index in [2.05, 4.69) is 20.0 Å². The lowest BCUT2D eigenvalue weighted by atomic mass is 10.1. The zero-order chi connectivity index (χ0) is 20.3. The number of nitrogens with zero attached hydrogens (tertiary/aromatic N) is 2. The number of para-hydroxylation sites is 1. The Bertz CT molecular complexity index is 1110. The average Bonchev–Trinajstić information content (AvgIpc) is 3.51. The van der Waals surface area contributed by atoms with Gasteiger partial charge in [0.25, 0.3) is 0 Å². The predicted octanol–water partition coefficient (Wildman–Crippen LogP) is 3.48. The molecule has 1 heterocycles. The Balaban J connectivity index is 1.52. The van der Waals surface area contributed by atoms with Gasteiger partial charge in [-0.15, -0.1) is 0 Å². The molecule has 1 saturated carbocycles. The van der Waals surface area contributed by atoms with E-state index in [1.807, 2.05) is 48.5 Å². The van der Waals surface area contributed by atoms with Gasteiger partial charge in [0.2, 0.25) is 10.0 Å². The highest BCUT2D eigenvalue weighted by molar-refractivity contribution is 7.88. The largest absolute Gasteiger partial charge is 0.496 e. The molecular weight excluding hydrogens is 388 g/mol. The third kappa shape index (κ3) is 5.10. The van der Waals surface area contributed by atoms with E-state index in [9.17, 15) is 8.42 Å². The van der Waals surface area contributed by atoms with Gasteiger partial charge in [0, 0.05) is 23.4 Å². The molecule has 29 heavy (non-hydrogen) atoms. The number of anilines is 2. The summed E-state index contributed by atoms with van der Waals surface area (Å²) in [6.07, 6.45) is 3.32. The van der Waals surface area contributed by atoms with E-state index >= 15 is 0 Å². The maximum atomic E-state index is 12.2. The summed E-state index contributed by atoms with van der Waals surface area (Å²) in [5.74, 6) is 1.29. The highest BCUT2D eigenvalue weighted by Crippen LogP contribution is 2.29. The summed E-state index contributed by atoms with van der Waals surface area (Å²) >= 11 is 0. The first kappa shape index (κ1) is 19.4. The molecule has 3 aromatic rings. The van der Waals surface area contributed by atoms with Crippen molar-refractivity contribution in [2.45, 2.75) is 24.6 Å². The van der Waals surface area contributed by atoms with Crippen molar-refractivity contribution in [3.05, 3.63) is 66.5 Å². The minimum atomic E-state index is -3.33. The van der Waals surface area contributed by atoms with E-state index in [4.69, 9.17) is 4.74 Å². The highest BCUT2D eigenvalue weighted by Gasteiger charge is 2.26. The summed E-state index contributed by atoms with van der Waals surface area (Å²) in [5.41, 5.74) is 3.06. The molecule has 8 heteroatoms. The molecule has 2 N–H and O–H groups in total. The van der Waals surface area contributed by atoms with Gasteiger partial charge in [0.15, 0.2) is 0 Å². The van der Waals surface area contributed by atoms with Crippen LogP contribution in [0, 0.1) is 0 Å². The Morgan fingerprint density at radius 3 is 2.69 bits per heavy atom. The van der Waals surface area contributed by atoms with E-state index < -0.39 is 10.0 Å². The quantitative estimate of drug-likeness (QED) is 0.591. The molecule has 0 unspecified atom stereocenters. The first-order valence-corrected chi connectivity index (χ1v) is 11.0. The van der Waals surface area contributed by atoms with Gasteiger partial charge >= 0.3 is 0 Å². The maximum absolute atomic E-state index is 12.2.